The summed E-state index contributed by atoms with van der Waals surface area (Å²) in [6, 6.07) is 9.66. The molecule has 3 saturated heterocycles. The maximum atomic E-state index is 13.1. The third-order valence-electron chi connectivity index (χ3n) is 6.07. The average Bonchev–Trinajstić information content (AvgIpc) is 3.23. The molecule has 2 aromatic carbocycles. The normalized spacial score (nSPS) is 32.5. The second kappa shape index (κ2) is 4.88. The zero-order valence-electron chi connectivity index (χ0n) is 14.0. The van der Waals surface area contributed by atoms with Gasteiger partial charge in [-0.15, -0.1) is 0 Å². The lowest BCUT2D eigenvalue weighted by molar-refractivity contribution is -0.383. The van der Waals surface area contributed by atoms with E-state index in [4.69, 9.17) is 4.74 Å². The lowest BCUT2D eigenvalue weighted by Crippen LogP contribution is -2.39. The van der Waals surface area contributed by atoms with Gasteiger partial charge in [-0.2, -0.15) is 0 Å². The topological polar surface area (TPSA) is 89.8 Å². The molecule has 0 radical (unpaired) electrons. The standard InChI is InChI=1S/C19H16N2O5/c1-19-9-8-14(26-19)15-16(19)18(23)20(17(15)22)12-6-7-13(21(24)25)11-5-3-2-4-10(11)12/h2-7,14-16H,8-9H2,1H3. The van der Waals surface area contributed by atoms with Gasteiger partial charge in [0.2, 0.25) is 11.8 Å². The molecule has 3 aliphatic rings. The van der Waals surface area contributed by atoms with Gasteiger partial charge < -0.3 is 4.74 Å². The van der Waals surface area contributed by atoms with E-state index in [0.717, 1.165) is 12.8 Å². The van der Waals surface area contributed by atoms with E-state index in [9.17, 15) is 19.7 Å². The molecule has 0 spiro atoms. The molecule has 132 valence electrons. The van der Waals surface area contributed by atoms with Crippen molar-refractivity contribution in [2.45, 2.75) is 31.5 Å². The number of nitro benzene ring substituents is 1. The van der Waals surface area contributed by atoms with Crippen LogP contribution in [0.15, 0.2) is 36.4 Å². The van der Waals surface area contributed by atoms with Gasteiger partial charge >= 0.3 is 0 Å². The number of hydrogen-bond acceptors (Lipinski definition) is 5. The first-order valence-corrected chi connectivity index (χ1v) is 8.64. The van der Waals surface area contributed by atoms with E-state index in [1.54, 1.807) is 24.3 Å². The zero-order valence-corrected chi connectivity index (χ0v) is 14.0. The first-order chi connectivity index (χ1) is 12.4. The van der Waals surface area contributed by atoms with E-state index in [1.807, 2.05) is 6.92 Å². The molecule has 5 rings (SSSR count). The molecule has 7 nitrogen and oxygen atoms in total. The molecule has 3 fully saturated rings. The van der Waals surface area contributed by atoms with Gasteiger partial charge in [-0.1, -0.05) is 18.2 Å². The molecular formula is C19H16N2O5. The lowest BCUT2D eigenvalue weighted by atomic mass is 9.74. The Kier molecular flexibility index (Phi) is 2.90. The molecule has 0 saturated carbocycles. The molecule has 0 aromatic heterocycles. The Bertz CT molecular complexity index is 1000. The Hall–Kier alpha value is -2.80. The van der Waals surface area contributed by atoms with E-state index in [2.05, 4.69) is 0 Å². The first kappa shape index (κ1) is 15.5. The number of rotatable bonds is 2. The number of benzene rings is 2. The average molecular weight is 352 g/mol. The van der Waals surface area contributed by atoms with E-state index in [0.29, 0.717) is 16.5 Å². The summed E-state index contributed by atoms with van der Waals surface area (Å²) < 4.78 is 5.93. The highest BCUT2D eigenvalue weighted by Crippen LogP contribution is 2.56. The van der Waals surface area contributed by atoms with E-state index in [-0.39, 0.29) is 23.6 Å². The number of imide groups is 1. The molecule has 2 aromatic rings. The van der Waals surface area contributed by atoms with Gasteiger partial charge in [-0.3, -0.25) is 19.7 Å². The van der Waals surface area contributed by atoms with E-state index >= 15 is 0 Å². The maximum absolute atomic E-state index is 13.1. The second-order valence-electron chi connectivity index (χ2n) is 7.43. The summed E-state index contributed by atoms with van der Waals surface area (Å²) in [5.41, 5.74) is -0.217. The summed E-state index contributed by atoms with van der Waals surface area (Å²) >= 11 is 0. The number of non-ortho nitro benzene ring substituents is 1. The third-order valence-corrected chi connectivity index (χ3v) is 6.07. The van der Waals surface area contributed by atoms with Crippen molar-refractivity contribution in [1.82, 2.24) is 0 Å². The minimum atomic E-state index is -0.590. The molecule has 2 bridgehead atoms. The fraction of sp³-hybridized carbons (Fsp3) is 0.368. The number of hydrogen-bond donors (Lipinski definition) is 0. The highest BCUT2D eigenvalue weighted by molar-refractivity contribution is 6.26. The van der Waals surface area contributed by atoms with Crippen molar-refractivity contribution < 1.29 is 19.2 Å². The number of nitro groups is 1. The molecule has 4 atom stereocenters. The summed E-state index contributed by atoms with van der Waals surface area (Å²) in [6.07, 6.45) is 1.34. The quantitative estimate of drug-likeness (QED) is 0.471. The number of nitrogens with zero attached hydrogens (tertiary/aromatic N) is 2. The second-order valence-corrected chi connectivity index (χ2v) is 7.43. The molecule has 3 aliphatic heterocycles. The van der Waals surface area contributed by atoms with Gasteiger partial charge in [0.15, 0.2) is 0 Å². The molecule has 0 aliphatic carbocycles. The minimum Gasteiger partial charge on any atom is -0.370 e. The van der Waals surface area contributed by atoms with Crippen LogP contribution in [-0.2, 0) is 14.3 Å². The predicted octanol–water partition coefficient (Wildman–Crippen LogP) is 2.80. The van der Waals surface area contributed by atoms with Crippen LogP contribution in [0.25, 0.3) is 10.8 Å². The fourth-order valence-electron chi connectivity index (χ4n) is 4.94. The van der Waals surface area contributed by atoms with Crippen LogP contribution >= 0.6 is 0 Å². The van der Waals surface area contributed by atoms with Crippen molar-refractivity contribution in [2.75, 3.05) is 4.90 Å². The smallest absolute Gasteiger partial charge is 0.277 e. The fourth-order valence-corrected chi connectivity index (χ4v) is 4.94. The van der Waals surface area contributed by atoms with Crippen LogP contribution in [0.2, 0.25) is 0 Å². The number of ether oxygens (including phenoxy) is 1. The van der Waals surface area contributed by atoms with Crippen molar-refractivity contribution in [1.29, 1.82) is 0 Å². The summed E-state index contributed by atoms with van der Waals surface area (Å²) in [5, 5.41) is 12.3. The Labute approximate surface area is 148 Å². The van der Waals surface area contributed by atoms with Gasteiger partial charge in [0.05, 0.1) is 39.5 Å². The van der Waals surface area contributed by atoms with Gasteiger partial charge in [-0.25, -0.2) is 4.90 Å². The van der Waals surface area contributed by atoms with Crippen LogP contribution in [0.5, 0.6) is 0 Å². The highest BCUT2D eigenvalue weighted by atomic mass is 16.6. The van der Waals surface area contributed by atoms with Gasteiger partial charge in [0, 0.05) is 11.5 Å². The summed E-state index contributed by atoms with van der Waals surface area (Å²) in [7, 11) is 0. The number of amides is 2. The van der Waals surface area contributed by atoms with Gasteiger partial charge in [-0.05, 0) is 31.9 Å². The summed E-state index contributed by atoms with van der Waals surface area (Å²) in [4.78, 5) is 38.3. The Morgan fingerprint density at radius 3 is 2.58 bits per heavy atom. The van der Waals surface area contributed by atoms with Crippen molar-refractivity contribution in [2.24, 2.45) is 11.8 Å². The SMILES string of the molecule is CC12CCC(O1)C1C(=O)N(c3ccc([N+](=O)[O-])c4ccccc34)C(=O)C12. The minimum absolute atomic E-state index is 0.0426. The Morgan fingerprint density at radius 1 is 1.15 bits per heavy atom. The van der Waals surface area contributed by atoms with Crippen LogP contribution < -0.4 is 4.90 Å². The first-order valence-electron chi connectivity index (χ1n) is 8.64. The zero-order chi connectivity index (χ0) is 18.2. The van der Waals surface area contributed by atoms with E-state index < -0.39 is 22.4 Å². The molecular weight excluding hydrogens is 336 g/mol. The maximum Gasteiger partial charge on any atom is 0.277 e. The molecule has 3 heterocycles. The number of carbonyl (C=O) groups is 2. The van der Waals surface area contributed by atoms with Gasteiger partial charge in [0.1, 0.15) is 0 Å². The Balaban J connectivity index is 1.68. The molecule has 26 heavy (non-hydrogen) atoms. The Morgan fingerprint density at radius 2 is 1.88 bits per heavy atom. The molecule has 4 unspecified atom stereocenters. The van der Waals surface area contributed by atoms with Crippen molar-refractivity contribution in [3.05, 3.63) is 46.5 Å². The number of anilines is 1. The van der Waals surface area contributed by atoms with Crippen LogP contribution in [0.1, 0.15) is 19.8 Å². The predicted molar refractivity (Wildman–Crippen MR) is 92.6 cm³/mol. The summed E-state index contributed by atoms with van der Waals surface area (Å²) in [6.45, 7) is 1.90. The van der Waals surface area contributed by atoms with Crippen molar-refractivity contribution in [3.63, 3.8) is 0 Å². The molecule has 7 heteroatoms. The van der Waals surface area contributed by atoms with Crippen LogP contribution in [0.4, 0.5) is 11.4 Å². The lowest BCUT2D eigenvalue weighted by Gasteiger charge is -2.26. The number of fused-ring (bicyclic) bond motifs is 6. The monoisotopic (exact) mass is 352 g/mol. The van der Waals surface area contributed by atoms with E-state index in [1.165, 1.54) is 17.0 Å². The van der Waals surface area contributed by atoms with Crippen LogP contribution in [0, 0.1) is 22.0 Å². The third kappa shape index (κ3) is 1.76. The van der Waals surface area contributed by atoms with Crippen molar-refractivity contribution >= 4 is 34.0 Å². The molecule has 2 amide bonds. The largest absolute Gasteiger partial charge is 0.370 e. The van der Waals surface area contributed by atoms with Crippen molar-refractivity contribution in [3.8, 4) is 0 Å². The highest BCUT2D eigenvalue weighted by Gasteiger charge is 2.67. The van der Waals surface area contributed by atoms with Crippen LogP contribution in [-0.4, -0.2) is 28.4 Å². The summed E-state index contributed by atoms with van der Waals surface area (Å²) in [5.74, 6) is -1.44. The molecule has 0 N–H and O–H groups in total. The van der Waals surface area contributed by atoms with Gasteiger partial charge in [0.25, 0.3) is 5.69 Å². The van der Waals surface area contributed by atoms with Crippen LogP contribution in [0.3, 0.4) is 0 Å². The number of carbonyl (C=O) groups excluding carboxylic acids is 2.